The average Bonchev–Trinajstić information content (AvgIpc) is 3.46. The normalized spacial score (nSPS) is 17.9. The second kappa shape index (κ2) is 8.44. The van der Waals surface area contributed by atoms with E-state index in [0.29, 0.717) is 30.1 Å². The lowest BCUT2D eigenvalue weighted by Gasteiger charge is -2.09. The number of hydrogen-bond donors (Lipinski definition) is 2. The number of halogens is 1. The lowest BCUT2D eigenvalue weighted by molar-refractivity contribution is -0.125. The summed E-state index contributed by atoms with van der Waals surface area (Å²) in [5.41, 5.74) is 2.61. The second-order valence-corrected chi connectivity index (χ2v) is 7.15. The standard InChI is InChI=1S/C21H23ClN2O3/c1-13-18(22)7-4-8-19(13)24-21(26)17-12-16(17)20(25)23-10-9-14-5-3-6-15(11-14)27-2/h3-8,11,16-17H,9-10,12H2,1-2H3,(H,23,25)(H,24,26). The molecule has 1 aliphatic rings. The Hall–Kier alpha value is -2.53. The maximum absolute atomic E-state index is 12.4. The predicted molar refractivity (Wildman–Crippen MR) is 106 cm³/mol. The van der Waals surface area contributed by atoms with Crippen LogP contribution in [0.2, 0.25) is 5.02 Å². The summed E-state index contributed by atoms with van der Waals surface area (Å²) in [7, 11) is 1.63. The number of methoxy groups -OCH3 is 1. The van der Waals surface area contributed by atoms with Crippen molar-refractivity contribution in [3.05, 3.63) is 58.6 Å². The number of ether oxygens (including phenoxy) is 1. The first-order chi connectivity index (χ1) is 13.0. The van der Waals surface area contributed by atoms with Crippen LogP contribution in [0.3, 0.4) is 0 Å². The zero-order valence-corrected chi connectivity index (χ0v) is 16.2. The maximum Gasteiger partial charge on any atom is 0.228 e. The highest BCUT2D eigenvalue weighted by molar-refractivity contribution is 6.31. The van der Waals surface area contributed by atoms with Crippen LogP contribution in [0.5, 0.6) is 5.75 Å². The summed E-state index contributed by atoms with van der Waals surface area (Å²) in [6, 6.07) is 13.1. The summed E-state index contributed by atoms with van der Waals surface area (Å²) in [4.78, 5) is 24.6. The first-order valence-electron chi connectivity index (χ1n) is 8.96. The maximum atomic E-state index is 12.4. The Labute approximate surface area is 164 Å². The fourth-order valence-corrected chi connectivity index (χ4v) is 3.21. The number of anilines is 1. The number of rotatable bonds is 7. The zero-order valence-electron chi connectivity index (χ0n) is 15.4. The van der Waals surface area contributed by atoms with E-state index in [2.05, 4.69) is 10.6 Å². The minimum Gasteiger partial charge on any atom is -0.497 e. The van der Waals surface area contributed by atoms with E-state index < -0.39 is 0 Å². The lowest BCUT2D eigenvalue weighted by Crippen LogP contribution is -2.29. The first kappa shape index (κ1) is 19.2. The molecule has 1 fully saturated rings. The van der Waals surface area contributed by atoms with E-state index in [1.54, 1.807) is 19.2 Å². The summed E-state index contributed by atoms with van der Waals surface area (Å²) in [5, 5.41) is 6.40. The number of nitrogens with one attached hydrogen (secondary N) is 2. The molecule has 0 aliphatic heterocycles. The second-order valence-electron chi connectivity index (χ2n) is 6.74. The van der Waals surface area contributed by atoms with Gasteiger partial charge in [0.1, 0.15) is 5.75 Å². The molecule has 0 bridgehead atoms. The highest BCUT2D eigenvalue weighted by Crippen LogP contribution is 2.40. The molecule has 2 N–H and O–H groups in total. The molecule has 2 atom stereocenters. The lowest BCUT2D eigenvalue weighted by atomic mass is 10.1. The smallest absolute Gasteiger partial charge is 0.228 e. The Morgan fingerprint density at radius 3 is 2.67 bits per heavy atom. The van der Waals surface area contributed by atoms with E-state index in [4.69, 9.17) is 16.3 Å². The molecule has 0 heterocycles. The molecule has 6 heteroatoms. The summed E-state index contributed by atoms with van der Waals surface area (Å²) in [6.45, 7) is 2.39. The van der Waals surface area contributed by atoms with Gasteiger partial charge in [-0.1, -0.05) is 29.8 Å². The van der Waals surface area contributed by atoms with Gasteiger partial charge in [0.2, 0.25) is 11.8 Å². The van der Waals surface area contributed by atoms with Crippen LogP contribution in [-0.2, 0) is 16.0 Å². The van der Waals surface area contributed by atoms with Crippen molar-refractivity contribution in [1.82, 2.24) is 5.32 Å². The van der Waals surface area contributed by atoms with Gasteiger partial charge in [-0.05, 0) is 55.2 Å². The van der Waals surface area contributed by atoms with Gasteiger partial charge >= 0.3 is 0 Å². The molecule has 5 nitrogen and oxygen atoms in total. The van der Waals surface area contributed by atoms with Gasteiger partial charge in [-0.15, -0.1) is 0 Å². The van der Waals surface area contributed by atoms with Crippen molar-refractivity contribution >= 4 is 29.1 Å². The summed E-state index contributed by atoms with van der Waals surface area (Å²) in [5.74, 6) is 0.0678. The third-order valence-corrected chi connectivity index (χ3v) is 5.25. The van der Waals surface area contributed by atoms with Crippen molar-refractivity contribution in [2.24, 2.45) is 11.8 Å². The van der Waals surface area contributed by atoms with E-state index >= 15 is 0 Å². The first-order valence-corrected chi connectivity index (χ1v) is 9.34. The van der Waals surface area contributed by atoms with Crippen LogP contribution in [0.4, 0.5) is 5.69 Å². The third-order valence-electron chi connectivity index (χ3n) is 4.84. The van der Waals surface area contributed by atoms with Crippen molar-refractivity contribution < 1.29 is 14.3 Å². The average molecular weight is 387 g/mol. The molecule has 1 aliphatic carbocycles. The van der Waals surface area contributed by atoms with Crippen molar-refractivity contribution in [2.45, 2.75) is 19.8 Å². The van der Waals surface area contributed by atoms with Crippen LogP contribution in [-0.4, -0.2) is 25.5 Å². The van der Waals surface area contributed by atoms with E-state index in [1.165, 1.54) is 0 Å². The Morgan fingerprint density at radius 1 is 1.15 bits per heavy atom. The molecule has 2 amide bonds. The summed E-state index contributed by atoms with van der Waals surface area (Å²) >= 11 is 6.08. The Morgan fingerprint density at radius 2 is 1.89 bits per heavy atom. The van der Waals surface area contributed by atoms with Crippen LogP contribution in [0.1, 0.15) is 17.5 Å². The van der Waals surface area contributed by atoms with Crippen molar-refractivity contribution in [2.75, 3.05) is 19.0 Å². The molecule has 0 radical (unpaired) electrons. The molecule has 0 saturated heterocycles. The van der Waals surface area contributed by atoms with Crippen LogP contribution in [0.25, 0.3) is 0 Å². The van der Waals surface area contributed by atoms with E-state index in [-0.39, 0.29) is 23.7 Å². The number of hydrogen-bond acceptors (Lipinski definition) is 3. The molecule has 3 rings (SSSR count). The zero-order chi connectivity index (χ0) is 19.4. The van der Waals surface area contributed by atoms with E-state index in [9.17, 15) is 9.59 Å². The van der Waals surface area contributed by atoms with Crippen LogP contribution >= 0.6 is 11.6 Å². The van der Waals surface area contributed by atoms with E-state index in [1.807, 2.05) is 37.3 Å². The number of carbonyl (C=O) groups excluding carboxylic acids is 2. The molecule has 0 spiro atoms. The molecule has 2 aromatic rings. The fourth-order valence-electron chi connectivity index (χ4n) is 3.03. The molecule has 1 saturated carbocycles. The van der Waals surface area contributed by atoms with Gasteiger partial charge in [0, 0.05) is 17.3 Å². The highest BCUT2D eigenvalue weighted by Gasteiger charge is 2.47. The van der Waals surface area contributed by atoms with Gasteiger partial charge in [0.15, 0.2) is 0 Å². The molecule has 2 aromatic carbocycles. The van der Waals surface area contributed by atoms with Gasteiger partial charge in [-0.2, -0.15) is 0 Å². The topological polar surface area (TPSA) is 67.4 Å². The quantitative estimate of drug-likeness (QED) is 0.764. The Bertz CT molecular complexity index is 853. The van der Waals surface area contributed by atoms with Gasteiger partial charge < -0.3 is 15.4 Å². The van der Waals surface area contributed by atoms with Crippen LogP contribution in [0.15, 0.2) is 42.5 Å². The van der Waals surface area contributed by atoms with Gasteiger partial charge in [0.05, 0.1) is 18.9 Å². The SMILES string of the molecule is COc1cccc(CCNC(=O)C2CC2C(=O)Nc2cccc(Cl)c2C)c1. The monoisotopic (exact) mass is 386 g/mol. The number of carbonyl (C=O) groups is 2. The molecule has 2 unspecified atom stereocenters. The van der Waals surface area contributed by atoms with Crippen LogP contribution in [0, 0.1) is 18.8 Å². The molecular weight excluding hydrogens is 364 g/mol. The number of amides is 2. The Balaban J connectivity index is 1.45. The third kappa shape index (κ3) is 4.80. The van der Waals surface area contributed by atoms with Crippen LogP contribution < -0.4 is 15.4 Å². The molecule has 142 valence electrons. The number of benzene rings is 2. The van der Waals surface area contributed by atoms with Crippen molar-refractivity contribution in [1.29, 1.82) is 0 Å². The minimum absolute atomic E-state index is 0.0686. The largest absolute Gasteiger partial charge is 0.497 e. The Kier molecular flexibility index (Phi) is 6.01. The fraction of sp³-hybridized carbons (Fsp3) is 0.333. The van der Waals surface area contributed by atoms with E-state index in [0.717, 1.165) is 16.9 Å². The minimum atomic E-state index is -0.278. The highest BCUT2D eigenvalue weighted by atomic mass is 35.5. The summed E-state index contributed by atoms with van der Waals surface area (Å²) in [6.07, 6.45) is 1.30. The van der Waals surface area contributed by atoms with Gasteiger partial charge in [-0.3, -0.25) is 9.59 Å². The van der Waals surface area contributed by atoms with Gasteiger partial charge in [-0.25, -0.2) is 0 Å². The molecule has 27 heavy (non-hydrogen) atoms. The van der Waals surface area contributed by atoms with Crippen molar-refractivity contribution in [3.63, 3.8) is 0 Å². The summed E-state index contributed by atoms with van der Waals surface area (Å²) < 4.78 is 5.20. The predicted octanol–water partition coefficient (Wildman–Crippen LogP) is 3.59. The van der Waals surface area contributed by atoms with Gasteiger partial charge in [0.25, 0.3) is 0 Å². The molecular formula is C21H23ClN2O3. The van der Waals surface area contributed by atoms with Crippen molar-refractivity contribution in [3.8, 4) is 5.75 Å². The molecule has 0 aromatic heterocycles.